The molecule has 4 rings (SSSR count). The normalized spacial score (nSPS) is 14.6. The van der Waals surface area contributed by atoms with Gasteiger partial charge in [-0.25, -0.2) is 4.68 Å². The highest BCUT2D eigenvalue weighted by Gasteiger charge is 2.25. The van der Waals surface area contributed by atoms with Crippen LogP contribution >= 0.6 is 11.6 Å². The second-order valence-corrected chi connectivity index (χ2v) is 6.56. The van der Waals surface area contributed by atoms with E-state index in [1.165, 1.54) is 0 Å². The van der Waals surface area contributed by atoms with E-state index in [-0.39, 0.29) is 5.91 Å². The molecule has 0 atom stereocenters. The second kappa shape index (κ2) is 6.97. The molecule has 0 unspecified atom stereocenters. The van der Waals surface area contributed by atoms with Crippen molar-refractivity contribution >= 4 is 17.5 Å². The van der Waals surface area contributed by atoms with Crippen molar-refractivity contribution in [3.05, 3.63) is 58.9 Å². The molecule has 3 aromatic rings. The summed E-state index contributed by atoms with van der Waals surface area (Å²) in [4.78, 5) is 14.9. The number of carbonyl (C=O) groups excluding carboxylic acids is 1. The summed E-state index contributed by atoms with van der Waals surface area (Å²) in [5, 5.41) is 5.19. The Morgan fingerprint density at radius 1 is 1.15 bits per heavy atom. The number of halogens is 1. The Morgan fingerprint density at radius 3 is 2.65 bits per heavy atom. The molecular weight excluding hydrogens is 354 g/mol. The number of aryl methyl sites for hydroxylation is 1. The number of carbonyl (C=O) groups is 1. The highest BCUT2D eigenvalue weighted by Crippen LogP contribution is 2.25. The van der Waals surface area contributed by atoms with Gasteiger partial charge in [0.15, 0.2) is 5.76 Å². The van der Waals surface area contributed by atoms with Gasteiger partial charge in [-0.3, -0.25) is 4.79 Å². The highest BCUT2D eigenvalue weighted by atomic mass is 35.5. The van der Waals surface area contributed by atoms with Gasteiger partial charge in [-0.15, -0.1) is 0 Å². The van der Waals surface area contributed by atoms with Gasteiger partial charge >= 0.3 is 0 Å². The maximum absolute atomic E-state index is 13.1. The average Bonchev–Trinajstić information content (AvgIpc) is 3.28. The first-order valence-corrected chi connectivity index (χ1v) is 8.79. The third kappa shape index (κ3) is 3.25. The minimum atomic E-state index is -0.0877. The molecule has 0 spiro atoms. The number of ether oxygens (including phenoxy) is 1. The molecule has 1 saturated heterocycles. The summed E-state index contributed by atoms with van der Waals surface area (Å²) in [6, 6.07) is 12.7. The van der Waals surface area contributed by atoms with Gasteiger partial charge in [0, 0.05) is 24.2 Å². The number of hydrogen-bond acceptors (Lipinski definition) is 4. The molecule has 0 bridgehead atoms. The monoisotopic (exact) mass is 371 g/mol. The SMILES string of the molecule is Cc1ccc(-c2cc(C(=O)N3CCOCC3)n(-c3cccc(Cl)c3)n2)o1. The van der Waals surface area contributed by atoms with E-state index < -0.39 is 0 Å². The average molecular weight is 372 g/mol. The van der Waals surface area contributed by atoms with Crippen LogP contribution in [0.4, 0.5) is 0 Å². The van der Waals surface area contributed by atoms with Crippen LogP contribution in [-0.2, 0) is 4.74 Å². The van der Waals surface area contributed by atoms with Crippen LogP contribution in [0.3, 0.4) is 0 Å². The van der Waals surface area contributed by atoms with Crippen LogP contribution in [0.25, 0.3) is 17.1 Å². The van der Waals surface area contributed by atoms with E-state index in [0.717, 1.165) is 11.4 Å². The molecule has 134 valence electrons. The van der Waals surface area contributed by atoms with Gasteiger partial charge in [-0.2, -0.15) is 5.10 Å². The Bertz CT molecular complexity index is 941. The molecule has 0 aliphatic carbocycles. The third-order valence-electron chi connectivity index (χ3n) is 4.27. The largest absolute Gasteiger partial charge is 0.460 e. The predicted molar refractivity (Wildman–Crippen MR) is 97.7 cm³/mol. The summed E-state index contributed by atoms with van der Waals surface area (Å²) in [5.41, 5.74) is 1.80. The molecule has 2 aromatic heterocycles. The van der Waals surface area contributed by atoms with Gasteiger partial charge in [0.2, 0.25) is 0 Å². The molecule has 3 heterocycles. The summed E-state index contributed by atoms with van der Waals surface area (Å²) < 4.78 is 12.6. The Labute approximate surface area is 155 Å². The lowest BCUT2D eigenvalue weighted by molar-refractivity contribution is 0.0297. The quantitative estimate of drug-likeness (QED) is 0.706. The zero-order valence-corrected chi connectivity index (χ0v) is 15.1. The summed E-state index contributed by atoms with van der Waals surface area (Å²) in [6.07, 6.45) is 0. The van der Waals surface area contributed by atoms with E-state index in [4.69, 9.17) is 20.8 Å². The number of furan rings is 1. The van der Waals surface area contributed by atoms with E-state index >= 15 is 0 Å². The molecule has 6 nitrogen and oxygen atoms in total. The lowest BCUT2D eigenvalue weighted by atomic mass is 10.2. The molecule has 1 fully saturated rings. The minimum Gasteiger partial charge on any atom is -0.460 e. The van der Waals surface area contributed by atoms with Crippen molar-refractivity contribution in [3.63, 3.8) is 0 Å². The molecule has 0 radical (unpaired) electrons. The van der Waals surface area contributed by atoms with Gasteiger partial charge in [-0.05, 0) is 37.3 Å². The maximum Gasteiger partial charge on any atom is 0.272 e. The number of aromatic nitrogens is 2. The van der Waals surface area contributed by atoms with Gasteiger partial charge < -0.3 is 14.1 Å². The summed E-state index contributed by atoms with van der Waals surface area (Å²) in [6.45, 7) is 4.09. The van der Waals surface area contributed by atoms with Crippen molar-refractivity contribution in [2.24, 2.45) is 0 Å². The van der Waals surface area contributed by atoms with E-state index in [2.05, 4.69) is 5.10 Å². The highest BCUT2D eigenvalue weighted by molar-refractivity contribution is 6.30. The number of hydrogen-bond donors (Lipinski definition) is 0. The van der Waals surface area contributed by atoms with Gasteiger partial charge in [0.05, 0.1) is 18.9 Å². The summed E-state index contributed by atoms with van der Waals surface area (Å²) in [7, 11) is 0. The fourth-order valence-corrected chi connectivity index (χ4v) is 3.14. The lowest BCUT2D eigenvalue weighted by Gasteiger charge is -2.26. The number of benzene rings is 1. The van der Waals surface area contributed by atoms with Gasteiger partial charge in [0.25, 0.3) is 5.91 Å². The first-order valence-electron chi connectivity index (χ1n) is 8.41. The van der Waals surface area contributed by atoms with E-state index in [0.29, 0.717) is 48.5 Å². The van der Waals surface area contributed by atoms with Crippen LogP contribution in [0.5, 0.6) is 0 Å². The van der Waals surface area contributed by atoms with Gasteiger partial charge in [-0.1, -0.05) is 17.7 Å². The maximum atomic E-state index is 13.1. The Balaban J connectivity index is 1.79. The Morgan fingerprint density at radius 2 is 1.96 bits per heavy atom. The van der Waals surface area contributed by atoms with Crippen LogP contribution in [0.2, 0.25) is 5.02 Å². The molecule has 1 aliphatic heterocycles. The summed E-state index contributed by atoms with van der Waals surface area (Å²) in [5.74, 6) is 1.33. The lowest BCUT2D eigenvalue weighted by Crippen LogP contribution is -2.41. The number of amides is 1. The van der Waals surface area contributed by atoms with Crippen molar-refractivity contribution in [2.45, 2.75) is 6.92 Å². The van der Waals surface area contributed by atoms with Crippen molar-refractivity contribution < 1.29 is 13.9 Å². The van der Waals surface area contributed by atoms with Crippen LogP contribution in [-0.4, -0.2) is 46.9 Å². The fraction of sp³-hybridized carbons (Fsp3) is 0.263. The number of morpholine rings is 1. The Hall–Kier alpha value is -2.57. The Kier molecular flexibility index (Phi) is 4.53. The third-order valence-corrected chi connectivity index (χ3v) is 4.51. The van der Waals surface area contributed by atoms with Crippen LogP contribution in [0.15, 0.2) is 46.9 Å². The van der Waals surface area contributed by atoms with Gasteiger partial charge in [0.1, 0.15) is 17.1 Å². The van der Waals surface area contributed by atoms with Crippen molar-refractivity contribution in [1.29, 1.82) is 0 Å². The first-order chi connectivity index (χ1) is 12.6. The zero-order chi connectivity index (χ0) is 18.1. The number of rotatable bonds is 3. The van der Waals surface area contributed by atoms with Crippen LogP contribution < -0.4 is 0 Å². The van der Waals surface area contributed by atoms with Crippen LogP contribution in [0, 0.1) is 6.92 Å². The summed E-state index contributed by atoms with van der Waals surface area (Å²) >= 11 is 6.13. The van der Waals surface area contributed by atoms with E-state index in [1.54, 1.807) is 27.8 Å². The molecule has 0 N–H and O–H groups in total. The second-order valence-electron chi connectivity index (χ2n) is 6.12. The minimum absolute atomic E-state index is 0.0877. The van der Waals surface area contributed by atoms with Crippen molar-refractivity contribution in [3.8, 4) is 17.1 Å². The first kappa shape index (κ1) is 16.9. The van der Waals surface area contributed by atoms with Crippen molar-refractivity contribution in [2.75, 3.05) is 26.3 Å². The van der Waals surface area contributed by atoms with Crippen molar-refractivity contribution in [1.82, 2.24) is 14.7 Å². The zero-order valence-electron chi connectivity index (χ0n) is 14.3. The topological polar surface area (TPSA) is 60.5 Å². The standard InChI is InChI=1S/C19H18ClN3O3/c1-13-5-6-18(26-13)16-12-17(19(24)22-7-9-25-10-8-22)23(21-16)15-4-2-3-14(20)11-15/h2-6,11-12H,7-10H2,1H3. The fourth-order valence-electron chi connectivity index (χ4n) is 2.96. The molecule has 7 heteroatoms. The molecule has 1 aliphatic rings. The van der Waals surface area contributed by atoms with E-state index in [1.807, 2.05) is 31.2 Å². The van der Waals surface area contributed by atoms with Crippen LogP contribution in [0.1, 0.15) is 16.2 Å². The molecule has 1 aromatic carbocycles. The number of nitrogens with zero attached hydrogens (tertiary/aromatic N) is 3. The smallest absolute Gasteiger partial charge is 0.272 e. The molecule has 26 heavy (non-hydrogen) atoms. The predicted octanol–water partition coefficient (Wildman–Crippen LogP) is 3.57. The molecular formula is C19H18ClN3O3. The molecule has 1 amide bonds. The molecule has 0 saturated carbocycles. The van der Waals surface area contributed by atoms with E-state index in [9.17, 15) is 4.79 Å².